The summed E-state index contributed by atoms with van der Waals surface area (Å²) in [7, 11) is 0. The van der Waals surface area contributed by atoms with Crippen LogP contribution in [0.25, 0.3) is 0 Å². The standard InChI is InChI=1S/C8H11N5/c1-6(12-13-8(9)10)7-3-2-4-11-5-7/h2-5H,1H3,(H4,9,10,13). The third-order valence-electron chi connectivity index (χ3n) is 1.39. The fourth-order valence-electron chi connectivity index (χ4n) is 0.767. The van der Waals surface area contributed by atoms with Crippen LogP contribution in [0.15, 0.2) is 34.7 Å². The van der Waals surface area contributed by atoms with Crippen LogP contribution in [0.4, 0.5) is 0 Å². The highest BCUT2D eigenvalue weighted by atomic mass is 15.3. The largest absolute Gasteiger partial charge is 0.369 e. The lowest BCUT2D eigenvalue weighted by atomic mass is 10.2. The minimum absolute atomic E-state index is 0.0526. The van der Waals surface area contributed by atoms with Crippen LogP contribution in [-0.4, -0.2) is 16.7 Å². The molecular weight excluding hydrogens is 166 g/mol. The summed E-state index contributed by atoms with van der Waals surface area (Å²) in [6, 6.07) is 3.71. The van der Waals surface area contributed by atoms with Gasteiger partial charge in [0, 0.05) is 18.0 Å². The van der Waals surface area contributed by atoms with E-state index in [4.69, 9.17) is 11.5 Å². The summed E-state index contributed by atoms with van der Waals surface area (Å²) in [5.74, 6) is -0.0526. The van der Waals surface area contributed by atoms with Gasteiger partial charge in [-0.25, -0.2) is 0 Å². The van der Waals surface area contributed by atoms with Crippen LogP contribution in [0, 0.1) is 0 Å². The summed E-state index contributed by atoms with van der Waals surface area (Å²) in [6.45, 7) is 1.81. The monoisotopic (exact) mass is 177 g/mol. The predicted octanol–water partition coefficient (Wildman–Crippen LogP) is 0.0790. The zero-order valence-electron chi connectivity index (χ0n) is 7.31. The number of rotatable bonds is 2. The number of hydrogen-bond acceptors (Lipinski definition) is 3. The molecule has 13 heavy (non-hydrogen) atoms. The van der Waals surface area contributed by atoms with Crippen molar-refractivity contribution in [3.8, 4) is 0 Å². The molecule has 4 N–H and O–H groups in total. The Bertz CT molecular complexity index is 324. The van der Waals surface area contributed by atoms with E-state index in [1.54, 1.807) is 12.4 Å². The summed E-state index contributed by atoms with van der Waals surface area (Å²) in [4.78, 5) is 3.94. The van der Waals surface area contributed by atoms with Gasteiger partial charge in [0.25, 0.3) is 0 Å². The number of nitrogens with zero attached hydrogens (tertiary/aromatic N) is 3. The van der Waals surface area contributed by atoms with E-state index in [2.05, 4.69) is 15.2 Å². The van der Waals surface area contributed by atoms with Gasteiger partial charge >= 0.3 is 0 Å². The Kier molecular flexibility index (Phi) is 2.97. The fraction of sp³-hybridized carbons (Fsp3) is 0.125. The molecule has 68 valence electrons. The van der Waals surface area contributed by atoms with Crippen LogP contribution in [0.3, 0.4) is 0 Å². The molecular formula is C8H11N5. The van der Waals surface area contributed by atoms with E-state index < -0.39 is 0 Å². The molecule has 0 fully saturated rings. The average Bonchev–Trinajstić information content (AvgIpc) is 2.15. The SMILES string of the molecule is CC(=NN=C(N)N)c1cccnc1. The molecule has 0 saturated carbocycles. The Morgan fingerprint density at radius 3 is 2.69 bits per heavy atom. The first kappa shape index (κ1) is 9.18. The van der Waals surface area contributed by atoms with Crippen molar-refractivity contribution in [2.75, 3.05) is 0 Å². The molecule has 0 atom stereocenters. The summed E-state index contributed by atoms with van der Waals surface area (Å²) in [5, 5.41) is 7.34. The first-order chi connectivity index (χ1) is 6.20. The van der Waals surface area contributed by atoms with Crippen molar-refractivity contribution in [3.63, 3.8) is 0 Å². The highest BCUT2D eigenvalue weighted by molar-refractivity contribution is 5.98. The van der Waals surface area contributed by atoms with Crippen molar-refractivity contribution in [3.05, 3.63) is 30.1 Å². The van der Waals surface area contributed by atoms with Gasteiger partial charge in [-0.05, 0) is 13.0 Å². The maximum Gasteiger partial charge on any atom is 0.211 e. The zero-order chi connectivity index (χ0) is 9.68. The second kappa shape index (κ2) is 4.20. The van der Waals surface area contributed by atoms with E-state index in [0.29, 0.717) is 0 Å². The highest BCUT2D eigenvalue weighted by Gasteiger charge is 1.94. The third-order valence-corrected chi connectivity index (χ3v) is 1.39. The molecule has 0 saturated heterocycles. The van der Waals surface area contributed by atoms with Crippen LogP contribution < -0.4 is 11.5 Å². The second-order valence-electron chi connectivity index (χ2n) is 2.45. The molecule has 0 aliphatic heterocycles. The molecule has 0 aromatic carbocycles. The fourth-order valence-corrected chi connectivity index (χ4v) is 0.767. The van der Waals surface area contributed by atoms with E-state index >= 15 is 0 Å². The van der Waals surface area contributed by atoms with E-state index in [0.717, 1.165) is 11.3 Å². The van der Waals surface area contributed by atoms with Crippen LogP contribution in [0.2, 0.25) is 0 Å². The van der Waals surface area contributed by atoms with Crippen LogP contribution in [0.5, 0.6) is 0 Å². The molecule has 1 rings (SSSR count). The molecule has 0 radical (unpaired) electrons. The molecule has 0 aliphatic carbocycles. The molecule has 1 aromatic rings. The van der Waals surface area contributed by atoms with Gasteiger partial charge in [0.05, 0.1) is 5.71 Å². The topological polar surface area (TPSA) is 89.6 Å². The van der Waals surface area contributed by atoms with Gasteiger partial charge < -0.3 is 11.5 Å². The maximum atomic E-state index is 5.12. The molecule has 5 heteroatoms. The van der Waals surface area contributed by atoms with Gasteiger partial charge in [0.1, 0.15) is 0 Å². The quantitative estimate of drug-likeness (QED) is 0.381. The Labute approximate surface area is 76.2 Å². The Hall–Kier alpha value is -1.91. The maximum absolute atomic E-state index is 5.12. The number of guanidine groups is 1. The number of nitrogens with two attached hydrogens (primary N) is 2. The Balaban J connectivity index is 2.86. The molecule has 0 bridgehead atoms. The van der Waals surface area contributed by atoms with Crippen molar-refractivity contribution in [1.82, 2.24) is 4.98 Å². The van der Waals surface area contributed by atoms with Gasteiger partial charge in [-0.2, -0.15) is 5.10 Å². The second-order valence-corrected chi connectivity index (χ2v) is 2.45. The van der Waals surface area contributed by atoms with E-state index in [1.165, 1.54) is 0 Å². The number of pyridine rings is 1. The average molecular weight is 177 g/mol. The lowest BCUT2D eigenvalue weighted by Crippen LogP contribution is -2.22. The molecule has 0 spiro atoms. The number of hydrogen-bond donors (Lipinski definition) is 2. The summed E-state index contributed by atoms with van der Waals surface area (Å²) < 4.78 is 0. The van der Waals surface area contributed by atoms with Crippen molar-refractivity contribution in [2.45, 2.75) is 6.92 Å². The Morgan fingerprint density at radius 1 is 1.38 bits per heavy atom. The van der Waals surface area contributed by atoms with Crippen LogP contribution in [-0.2, 0) is 0 Å². The van der Waals surface area contributed by atoms with Crippen molar-refractivity contribution >= 4 is 11.7 Å². The highest BCUT2D eigenvalue weighted by Crippen LogP contribution is 1.98. The minimum Gasteiger partial charge on any atom is -0.369 e. The zero-order valence-corrected chi connectivity index (χ0v) is 7.31. The first-order valence-corrected chi connectivity index (χ1v) is 3.73. The summed E-state index contributed by atoms with van der Waals surface area (Å²) in [5.41, 5.74) is 11.9. The summed E-state index contributed by atoms with van der Waals surface area (Å²) >= 11 is 0. The lowest BCUT2D eigenvalue weighted by molar-refractivity contribution is 1.19. The first-order valence-electron chi connectivity index (χ1n) is 3.73. The molecule has 1 heterocycles. The number of aromatic nitrogens is 1. The predicted molar refractivity (Wildman–Crippen MR) is 52.3 cm³/mol. The molecule has 5 nitrogen and oxygen atoms in total. The minimum atomic E-state index is -0.0526. The van der Waals surface area contributed by atoms with Crippen LogP contribution >= 0.6 is 0 Å². The lowest BCUT2D eigenvalue weighted by Gasteiger charge is -1.95. The smallest absolute Gasteiger partial charge is 0.211 e. The van der Waals surface area contributed by atoms with E-state index in [1.807, 2.05) is 19.1 Å². The molecule has 1 aromatic heterocycles. The van der Waals surface area contributed by atoms with Gasteiger partial charge in [-0.1, -0.05) is 6.07 Å². The van der Waals surface area contributed by atoms with E-state index in [-0.39, 0.29) is 5.96 Å². The molecule has 0 unspecified atom stereocenters. The Morgan fingerprint density at radius 2 is 2.15 bits per heavy atom. The molecule has 0 amide bonds. The van der Waals surface area contributed by atoms with Crippen molar-refractivity contribution in [2.24, 2.45) is 21.7 Å². The van der Waals surface area contributed by atoms with Gasteiger partial charge in [0.2, 0.25) is 5.96 Å². The van der Waals surface area contributed by atoms with Crippen molar-refractivity contribution in [1.29, 1.82) is 0 Å². The van der Waals surface area contributed by atoms with Crippen LogP contribution in [0.1, 0.15) is 12.5 Å². The van der Waals surface area contributed by atoms with E-state index in [9.17, 15) is 0 Å². The normalized spacial score (nSPS) is 11.0. The summed E-state index contributed by atoms with van der Waals surface area (Å²) in [6.07, 6.45) is 3.39. The van der Waals surface area contributed by atoms with Gasteiger partial charge in [0.15, 0.2) is 0 Å². The third kappa shape index (κ3) is 2.90. The molecule has 0 aliphatic rings. The van der Waals surface area contributed by atoms with Crippen molar-refractivity contribution < 1.29 is 0 Å². The van der Waals surface area contributed by atoms with Gasteiger partial charge in [-0.3, -0.25) is 4.98 Å². The van der Waals surface area contributed by atoms with Gasteiger partial charge in [-0.15, -0.1) is 5.10 Å².